The Morgan fingerprint density at radius 3 is 2.36 bits per heavy atom. The molecule has 0 aromatic heterocycles. The van der Waals surface area contributed by atoms with Crippen molar-refractivity contribution in [2.75, 3.05) is 0 Å². The molecule has 1 aromatic carbocycles. The van der Waals surface area contributed by atoms with Crippen LogP contribution in [0.25, 0.3) is 5.57 Å². The Hall–Kier alpha value is -1.56. The molecule has 1 aromatic rings. The van der Waals surface area contributed by atoms with E-state index in [1.54, 1.807) is 0 Å². The van der Waals surface area contributed by atoms with E-state index in [9.17, 15) is 0 Å². The molecule has 1 rings (SSSR count). The highest BCUT2D eigenvalue weighted by Crippen LogP contribution is 2.22. The molecular formula is C14H16. The van der Waals surface area contributed by atoms with Crippen LogP contribution in [0.2, 0.25) is 0 Å². The van der Waals surface area contributed by atoms with Crippen molar-refractivity contribution in [1.29, 1.82) is 0 Å². The second-order valence-electron chi connectivity index (χ2n) is 3.15. The van der Waals surface area contributed by atoms with Crippen LogP contribution in [0, 0.1) is 0 Å². The maximum absolute atomic E-state index is 3.74. The molecule has 0 heteroatoms. The van der Waals surface area contributed by atoms with Crippen LogP contribution in [-0.2, 0) is 0 Å². The zero-order valence-electron chi connectivity index (χ0n) is 8.83. The van der Waals surface area contributed by atoms with Crippen LogP contribution in [0.4, 0.5) is 0 Å². The molecule has 0 atom stereocenters. The lowest BCUT2D eigenvalue weighted by molar-refractivity contribution is 1.46. The molecule has 0 N–H and O–H groups in total. The van der Waals surface area contributed by atoms with Gasteiger partial charge in [-0.1, -0.05) is 55.1 Å². The van der Waals surface area contributed by atoms with Gasteiger partial charge in [-0.2, -0.15) is 0 Å². The van der Waals surface area contributed by atoms with E-state index < -0.39 is 0 Å². The molecule has 0 amide bonds. The van der Waals surface area contributed by atoms with E-state index in [-0.39, 0.29) is 0 Å². The normalized spacial score (nSPS) is 12.7. The third-order valence-corrected chi connectivity index (χ3v) is 2.23. The highest BCUT2D eigenvalue weighted by molar-refractivity contribution is 5.79. The molecule has 0 aliphatic rings. The van der Waals surface area contributed by atoms with E-state index in [1.165, 1.54) is 16.7 Å². The summed E-state index contributed by atoms with van der Waals surface area (Å²) in [5, 5.41) is 0. The molecular weight excluding hydrogens is 168 g/mol. The summed E-state index contributed by atoms with van der Waals surface area (Å²) < 4.78 is 0. The Morgan fingerprint density at radius 1 is 1.21 bits per heavy atom. The summed E-state index contributed by atoms with van der Waals surface area (Å²) in [6.45, 7) is 7.90. The van der Waals surface area contributed by atoms with Crippen molar-refractivity contribution in [1.82, 2.24) is 0 Å². The lowest BCUT2D eigenvalue weighted by atomic mass is 9.98. The third-order valence-electron chi connectivity index (χ3n) is 2.23. The summed E-state index contributed by atoms with van der Waals surface area (Å²) in [6, 6.07) is 10.4. The van der Waals surface area contributed by atoms with Gasteiger partial charge in [0.15, 0.2) is 0 Å². The quantitative estimate of drug-likeness (QED) is 0.617. The van der Waals surface area contributed by atoms with Gasteiger partial charge in [-0.05, 0) is 30.6 Å². The van der Waals surface area contributed by atoms with E-state index in [0.29, 0.717) is 0 Å². The summed E-state index contributed by atoms with van der Waals surface area (Å²) in [5.74, 6) is 0. The monoisotopic (exact) mass is 184 g/mol. The Kier molecular flexibility index (Phi) is 3.93. The fourth-order valence-corrected chi connectivity index (χ4v) is 1.35. The summed E-state index contributed by atoms with van der Waals surface area (Å²) in [4.78, 5) is 0. The minimum atomic E-state index is 1.24. The van der Waals surface area contributed by atoms with Gasteiger partial charge in [0.25, 0.3) is 0 Å². The highest BCUT2D eigenvalue weighted by Gasteiger charge is 2.00. The lowest BCUT2D eigenvalue weighted by Gasteiger charge is -2.06. The number of rotatable bonds is 3. The third kappa shape index (κ3) is 2.46. The summed E-state index contributed by atoms with van der Waals surface area (Å²) in [5.41, 5.74) is 3.75. The molecule has 14 heavy (non-hydrogen) atoms. The molecule has 0 aliphatic carbocycles. The van der Waals surface area contributed by atoms with Gasteiger partial charge in [0.05, 0.1) is 0 Å². The molecule has 0 saturated heterocycles. The van der Waals surface area contributed by atoms with Crippen LogP contribution in [-0.4, -0.2) is 0 Å². The van der Waals surface area contributed by atoms with Crippen LogP contribution < -0.4 is 0 Å². The molecule has 0 aliphatic heterocycles. The van der Waals surface area contributed by atoms with Crippen LogP contribution in [0.1, 0.15) is 19.4 Å². The largest absolute Gasteiger partial charge is 0.0990 e. The fourth-order valence-electron chi connectivity index (χ4n) is 1.35. The Morgan fingerprint density at radius 2 is 1.86 bits per heavy atom. The molecule has 0 radical (unpaired) electrons. The van der Waals surface area contributed by atoms with Gasteiger partial charge in [0, 0.05) is 0 Å². The second kappa shape index (κ2) is 5.23. The molecule has 0 saturated carbocycles. The van der Waals surface area contributed by atoms with Gasteiger partial charge >= 0.3 is 0 Å². The molecule has 0 unspecified atom stereocenters. The topological polar surface area (TPSA) is 0 Å². The molecule has 0 fully saturated rings. The summed E-state index contributed by atoms with van der Waals surface area (Å²) in [6.07, 6.45) is 5.99. The predicted octanol–water partition coefficient (Wildman–Crippen LogP) is 4.22. The van der Waals surface area contributed by atoms with Crippen molar-refractivity contribution in [3.8, 4) is 0 Å². The van der Waals surface area contributed by atoms with Gasteiger partial charge < -0.3 is 0 Å². The first-order chi connectivity index (χ1) is 6.79. The van der Waals surface area contributed by atoms with Crippen LogP contribution in [0.3, 0.4) is 0 Å². The van der Waals surface area contributed by atoms with Gasteiger partial charge in [0.1, 0.15) is 0 Å². The van der Waals surface area contributed by atoms with Crippen LogP contribution in [0.15, 0.2) is 60.7 Å². The number of benzene rings is 1. The standard InChI is InChI=1S/C14H16/c1-4-9-14(12(3)5-2)13-10-7-6-8-11-13/h4-11H,1H2,2-3H3. The second-order valence-corrected chi connectivity index (χ2v) is 3.15. The number of hydrogen-bond donors (Lipinski definition) is 0. The number of hydrogen-bond acceptors (Lipinski definition) is 0. The van der Waals surface area contributed by atoms with Crippen LogP contribution in [0.5, 0.6) is 0 Å². The van der Waals surface area contributed by atoms with Gasteiger partial charge in [0.2, 0.25) is 0 Å². The molecule has 0 spiro atoms. The number of allylic oxidation sites excluding steroid dienone is 5. The molecule has 0 bridgehead atoms. The lowest BCUT2D eigenvalue weighted by Crippen LogP contribution is -1.85. The molecule has 0 nitrogen and oxygen atoms in total. The SMILES string of the molecule is C=CC=C(C(C)=CC)c1ccccc1. The molecule has 0 heterocycles. The van der Waals surface area contributed by atoms with E-state index in [4.69, 9.17) is 0 Å². The van der Waals surface area contributed by atoms with E-state index in [1.807, 2.05) is 18.2 Å². The van der Waals surface area contributed by atoms with E-state index in [2.05, 4.69) is 50.8 Å². The van der Waals surface area contributed by atoms with Gasteiger partial charge in [-0.25, -0.2) is 0 Å². The molecule has 72 valence electrons. The Bertz CT molecular complexity index is 353. The van der Waals surface area contributed by atoms with E-state index >= 15 is 0 Å². The van der Waals surface area contributed by atoms with E-state index in [0.717, 1.165) is 0 Å². The summed E-state index contributed by atoms with van der Waals surface area (Å²) >= 11 is 0. The predicted molar refractivity (Wildman–Crippen MR) is 64.0 cm³/mol. The van der Waals surface area contributed by atoms with Crippen molar-refractivity contribution in [2.24, 2.45) is 0 Å². The van der Waals surface area contributed by atoms with Gasteiger partial charge in [-0.15, -0.1) is 0 Å². The Balaban J connectivity index is 3.14. The first kappa shape index (κ1) is 10.5. The van der Waals surface area contributed by atoms with Gasteiger partial charge in [-0.3, -0.25) is 0 Å². The van der Waals surface area contributed by atoms with Crippen molar-refractivity contribution >= 4 is 5.57 Å². The van der Waals surface area contributed by atoms with Crippen molar-refractivity contribution < 1.29 is 0 Å². The zero-order valence-corrected chi connectivity index (χ0v) is 8.83. The maximum Gasteiger partial charge on any atom is -0.0158 e. The minimum Gasteiger partial charge on any atom is -0.0990 e. The highest BCUT2D eigenvalue weighted by atomic mass is 14.0. The zero-order chi connectivity index (χ0) is 10.4. The first-order valence-corrected chi connectivity index (χ1v) is 4.81. The minimum absolute atomic E-state index is 1.24. The average molecular weight is 184 g/mol. The fraction of sp³-hybridized carbons (Fsp3) is 0.143. The van der Waals surface area contributed by atoms with Crippen molar-refractivity contribution in [3.63, 3.8) is 0 Å². The smallest absolute Gasteiger partial charge is 0.0158 e. The van der Waals surface area contributed by atoms with Crippen molar-refractivity contribution in [3.05, 3.63) is 66.3 Å². The van der Waals surface area contributed by atoms with Crippen LogP contribution >= 0.6 is 0 Å². The van der Waals surface area contributed by atoms with Crippen molar-refractivity contribution in [2.45, 2.75) is 13.8 Å². The maximum atomic E-state index is 3.74. The first-order valence-electron chi connectivity index (χ1n) is 4.81. The summed E-state index contributed by atoms with van der Waals surface area (Å²) in [7, 11) is 0. The average Bonchev–Trinajstić information content (AvgIpc) is 2.26. The Labute approximate surface area is 86.3 Å².